The molecule has 2 saturated heterocycles. The van der Waals surface area contributed by atoms with Crippen molar-refractivity contribution in [2.75, 3.05) is 13.1 Å². The summed E-state index contributed by atoms with van der Waals surface area (Å²) < 4.78 is 0. The van der Waals surface area contributed by atoms with E-state index in [0.717, 1.165) is 32.4 Å². The molecule has 1 saturated carbocycles. The fourth-order valence-electron chi connectivity index (χ4n) is 5.57. The third-order valence-electron chi connectivity index (χ3n) is 6.61. The van der Waals surface area contributed by atoms with Gasteiger partial charge in [0.25, 0.3) is 0 Å². The van der Waals surface area contributed by atoms with Crippen molar-refractivity contribution in [2.45, 2.75) is 30.8 Å². The van der Waals surface area contributed by atoms with Gasteiger partial charge in [0.15, 0.2) is 0 Å². The summed E-state index contributed by atoms with van der Waals surface area (Å²) in [5.74, 6) is 1.44. The van der Waals surface area contributed by atoms with Gasteiger partial charge in [-0.2, -0.15) is 0 Å². The number of hydrogen-bond donors (Lipinski definition) is 1. The zero-order valence-corrected chi connectivity index (χ0v) is 14.4. The summed E-state index contributed by atoms with van der Waals surface area (Å²) in [5, 5.41) is 3.76. The molecular weight excluding hydrogens is 308 g/mol. The van der Waals surface area contributed by atoms with Gasteiger partial charge in [0.2, 0.25) is 5.91 Å². The molecule has 2 aliphatic heterocycles. The van der Waals surface area contributed by atoms with Crippen LogP contribution in [0.2, 0.25) is 0 Å². The Morgan fingerprint density at radius 3 is 2.44 bits per heavy atom. The highest BCUT2D eigenvalue weighted by molar-refractivity contribution is 5.84. The first-order chi connectivity index (χ1) is 12.3. The van der Waals surface area contributed by atoms with Crippen LogP contribution in [-0.4, -0.2) is 23.9 Å². The normalized spacial score (nSPS) is 34.0. The molecule has 2 aromatic rings. The first-order valence-corrected chi connectivity index (χ1v) is 9.47. The van der Waals surface area contributed by atoms with Gasteiger partial charge in [-0.15, -0.1) is 0 Å². The van der Waals surface area contributed by atoms with E-state index in [9.17, 15) is 4.79 Å². The molecule has 3 aliphatic rings. The average molecular weight is 332 g/mol. The summed E-state index contributed by atoms with van der Waals surface area (Å²) in [6.07, 6.45) is 3.21. The molecule has 2 heterocycles. The fourth-order valence-corrected chi connectivity index (χ4v) is 5.57. The van der Waals surface area contributed by atoms with E-state index in [-0.39, 0.29) is 11.6 Å². The van der Waals surface area contributed by atoms with E-state index in [1.807, 2.05) is 0 Å². The lowest BCUT2D eigenvalue weighted by atomic mass is 9.68. The lowest BCUT2D eigenvalue weighted by Gasteiger charge is -2.41. The Labute approximate surface area is 149 Å². The Kier molecular flexibility index (Phi) is 3.46. The van der Waals surface area contributed by atoms with E-state index in [2.05, 4.69) is 70.9 Å². The molecule has 5 rings (SSSR count). The number of fused-ring (bicyclic) bond motifs is 3. The van der Waals surface area contributed by atoms with Crippen LogP contribution in [0.15, 0.2) is 60.7 Å². The van der Waals surface area contributed by atoms with E-state index < -0.39 is 0 Å². The summed E-state index contributed by atoms with van der Waals surface area (Å²) >= 11 is 0. The third-order valence-corrected chi connectivity index (χ3v) is 6.61. The summed E-state index contributed by atoms with van der Waals surface area (Å²) in [7, 11) is 0. The van der Waals surface area contributed by atoms with Gasteiger partial charge in [0, 0.05) is 24.9 Å². The van der Waals surface area contributed by atoms with Crippen molar-refractivity contribution in [3.63, 3.8) is 0 Å². The van der Waals surface area contributed by atoms with Crippen molar-refractivity contribution in [1.29, 1.82) is 0 Å². The van der Waals surface area contributed by atoms with Gasteiger partial charge in [-0.1, -0.05) is 60.7 Å². The maximum absolute atomic E-state index is 13.1. The van der Waals surface area contributed by atoms with Crippen LogP contribution in [0.25, 0.3) is 0 Å². The van der Waals surface area contributed by atoms with Gasteiger partial charge in [-0.3, -0.25) is 10.1 Å². The highest BCUT2D eigenvalue weighted by Crippen LogP contribution is 2.55. The lowest BCUT2D eigenvalue weighted by molar-refractivity contribution is -0.133. The standard InChI is InChI=1S/C22H24N2O/c25-21-19-12-11-17(16-7-3-1-4-8-16)15-20(19)22(23-13-14-24(21)22)18-9-5-2-6-10-18/h1-10,17,19-20,23H,11-15H2. The van der Waals surface area contributed by atoms with Crippen LogP contribution in [0.4, 0.5) is 0 Å². The molecular formula is C22H24N2O. The van der Waals surface area contributed by atoms with Gasteiger partial charge >= 0.3 is 0 Å². The first-order valence-electron chi connectivity index (χ1n) is 9.47. The van der Waals surface area contributed by atoms with Gasteiger partial charge in [0.1, 0.15) is 5.66 Å². The number of amides is 1. The largest absolute Gasteiger partial charge is 0.318 e. The number of nitrogens with zero attached hydrogens (tertiary/aromatic N) is 1. The van der Waals surface area contributed by atoms with Crippen LogP contribution in [0.1, 0.15) is 36.3 Å². The lowest BCUT2D eigenvalue weighted by Crippen LogP contribution is -2.50. The third kappa shape index (κ3) is 2.12. The van der Waals surface area contributed by atoms with Crippen molar-refractivity contribution in [3.8, 4) is 0 Å². The molecule has 1 aliphatic carbocycles. The van der Waals surface area contributed by atoms with Gasteiger partial charge < -0.3 is 4.90 Å². The quantitative estimate of drug-likeness (QED) is 0.913. The summed E-state index contributed by atoms with van der Waals surface area (Å²) in [6, 6.07) is 21.5. The van der Waals surface area contributed by atoms with Crippen molar-refractivity contribution in [3.05, 3.63) is 71.8 Å². The van der Waals surface area contributed by atoms with Gasteiger partial charge in [-0.25, -0.2) is 0 Å². The maximum atomic E-state index is 13.1. The molecule has 3 heteroatoms. The average Bonchev–Trinajstić information content (AvgIpc) is 3.22. The molecule has 1 N–H and O–H groups in total. The van der Waals surface area contributed by atoms with E-state index in [4.69, 9.17) is 0 Å². The molecule has 4 atom stereocenters. The smallest absolute Gasteiger partial charge is 0.227 e. The van der Waals surface area contributed by atoms with E-state index >= 15 is 0 Å². The minimum absolute atomic E-state index is 0.174. The monoisotopic (exact) mass is 332 g/mol. The number of carbonyl (C=O) groups is 1. The predicted octanol–water partition coefficient (Wildman–Crippen LogP) is 3.48. The number of carbonyl (C=O) groups excluding carboxylic acids is 1. The second-order valence-corrected chi connectivity index (χ2v) is 7.68. The zero-order valence-electron chi connectivity index (χ0n) is 14.4. The van der Waals surface area contributed by atoms with Crippen LogP contribution < -0.4 is 5.32 Å². The Morgan fingerprint density at radius 2 is 1.68 bits per heavy atom. The molecule has 3 fully saturated rings. The molecule has 3 nitrogen and oxygen atoms in total. The molecule has 1 amide bonds. The molecule has 2 aromatic carbocycles. The molecule has 128 valence electrons. The molecule has 0 aromatic heterocycles. The Bertz CT molecular complexity index is 775. The summed E-state index contributed by atoms with van der Waals surface area (Å²) in [5.41, 5.74) is 2.38. The molecule has 4 unspecified atom stereocenters. The van der Waals surface area contributed by atoms with Gasteiger partial charge in [0.05, 0.1) is 0 Å². The van der Waals surface area contributed by atoms with Crippen LogP contribution in [0, 0.1) is 11.8 Å². The Morgan fingerprint density at radius 1 is 0.960 bits per heavy atom. The number of benzene rings is 2. The van der Waals surface area contributed by atoms with Crippen molar-refractivity contribution in [2.24, 2.45) is 11.8 Å². The van der Waals surface area contributed by atoms with Crippen LogP contribution in [0.5, 0.6) is 0 Å². The molecule has 0 radical (unpaired) electrons. The van der Waals surface area contributed by atoms with E-state index in [1.54, 1.807) is 0 Å². The number of nitrogens with one attached hydrogen (secondary N) is 1. The molecule has 0 bridgehead atoms. The van der Waals surface area contributed by atoms with Crippen molar-refractivity contribution < 1.29 is 4.79 Å². The minimum Gasteiger partial charge on any atom is -0.318 e. The zero-order chi connectivity index (χ0) is 16.9. The highest BCUT2D eigenvalue weighted by Gasteiger charge is 2.62. The number of hydrogen-bond acceptors (Lipinski definition) is 2. The van der Waals surface area contributed by atoms with E-state index in [0.29, 0.717) is 17.7 Å². The first kappa shape index (κ1) is 15.2. The van der Waals surface area contributed by atoms with E-state index in [1.165, 1.54) is 11.1 Å². The number of rotatable bonds is 2. The maximum Gasteiger partial charge on any atom is 0.227 e. The molecule has 0 spiro atoms. The predicted molar refractivity (Wildman–Crippen MR) is 97.8 cm³/mol. The Hall–Kier alpha value is -2.13. The summed E-state index contributed by atoms with van der Waals surface area (Å²) in [6.45, 7) is 1.72. The topological polar surface area (TPSA) is 32.3 Å². The summed E-state index contributed by atoms with van der Waals surface area (Å²) in [4.78, 5) is 15.3. The second kappa shape index (κ2) is 5.70. The minimum atomic E-state index is -0.295. The van der Waals surface area contributed by atoms with Crippen molar-refractivity contribution >= 4 is 5.91 Å². The Balaban J connectivity index is 1.56. The van der Waals surface area contributed by atoms with Crippen LogP contribution in [0.3, 0.4) is 0 Å². The SMILES string of the molecule is O=C1C2CCC(c3ccccc3)CC2C2(c3ccccc3)NCCN12. The fraction of sp³-hybridized carbons (Fsp3) is 0.409. The van der Waals surface area contributed by atoms with Gasteiger partial charge in [-0.05, 0) is 36.3 Å². The second-order valence-electron chi connectivity index (χ2n) is 7.68. The van der Waals surface area contributed by atoms with Crippen LogP contribution >= 0.6 is 0 Å². The van der Waals surface area contributed by atoms with Crippen molar-refractivity contribution in [1.82, 2.24) is 10.2 Å². The highest BCUT2D eigenvalue weighted by atomic mass is 16.2. The van der Waals surface area contributed by atoms with Crippen LogP contribution in [-0.2, 0) is 10.5 Å². The molecule has 25 heavy (non-hydrogen) atoms.